The molecule has 0 aromatic heterocycles. The Kier molecular flexibility index (Phi) is 3.54. The molecule has 0 aromatic carbocycles. The zero-order valence-corrected chi connectivity index (χ0v) is 12.3. The van der Waals surface area contributed by atoms with Crippen molar-refractivity contribution < 1.29 is 9.59 Å². The van der Waals surface area contributed by atoms with Gasteiger partial charge in [0, 0.05) is 26.2 Å². The van der Waals surface area contributed by atoms with Crippen LogP contribution < -0.4 is 5.32 Å². The molecule has 3 atom stereocenters. The molecule has 0 saturated carbocycles. The van der Waals surface area contributed by atoms with Crippen molar-refractivity contribution in [3.8, 4) is 0 Å². The zero-order chi connectivity index (χ0) is 14.3. The van der Waals surface area contributed by atoms with E-state index in [0.717, 1.165) is 13.1 Å². The van der Waals surface area contributed by atoms with E-state index in [1.165, 1.54) is 18.4 Å². The molecule has 2 heterocycles. The number of urea groups is 1. The van der Waals surface area contributed by atoms with Gasteiger partial charge in [0.25, 0.3) is 5.91 Å². The van der Waals surface area contributed by atoms with E-state index in [-0.39, 0.29) is 18.0 Å². The van der Waals surface area contributed by atoms with Crippen molar-refractivity contribution in [3.63, 3.8) is 0 Å². The molecule has 0 spiro atoms. The van der Waals surface area contributed by atoms with Crippen molar-refractivity contribution in [1.82, 2.24) is 15.1 Å². The van der Waals surface area contributed by atoms with Gasteiger partial charge in [0.2, 0.25) is 0 Å². The lowest BCUT2D eigenvalue weighted by atomic mass is 9.79. The summed E-state index contributed by atoms with van der Waals surface area (Å²) in [5.41, 5.74) is 1.48. The lowest BCUT2D eigenvalue weighted by Gasteiger charge is -2.39. The van der Waals surface area contributed by atoms with Gasteiger partial charge in [-0.05, 0) is 31.6 Å². The molecule has 3 amide bonds. The summed E-state index contributed by atoms with van der Waals surface area (Å²) < 4.78 is 0. The third-order valence-corrected chi connectivity index (χ3v) is 5.07. The first-order chi connectivity index (χ1) is 9.56. The van der Waals surface area contributed by atoms with Crippen LogP contribution in [0.2, 0.25) is 0 Å². The van der Waals surface area contributed by atoms with Gasteiger partial charge < -0.3 is 4.90 Å². The van der Waals surface area contributed by atoms with Crippen LogP contribution in [0.1, 0.15) is 26.7 Å². The Balaban J connectivity index is 1.65. The SMILES string of the molecule is CC1=CCC[C@H](C)[C@@H]1CN1CCN2C(=O)NC(=O)[C@H]2C1. The van der Waals surface area contributed by atoms with Gasteiger partial charge in [-0.1, -0.05) is 18.6 Å². The van der Waals surface area contributed by atoms with Crippen LogP contribution in [0.5, 0.6) is 0 Å². The number of carbonyl (C=O) groups excluding carboxylic acids is 2. The molecule has 1 aliphatic carbocycles. The number of nitrogens with one attached hydrogen (secondary N) is 1. The van der Waals surface area contributed by atoms with E-state index in [4.69, 9.17) is 0 Å². The van der Waals surface area contributed by atoms with Gasteiger partial charge in [-0.2, -0.15) is 0 Å². The number of allylic oxidation sites excluding steroid dienone is 1. The number of piperazine rings is 1. The predicted molar refractivity (Wildman–Crippen MR) is 76.1 cm³/mol. The molecule has 1 N–H and O–H groups in total. The molecule has 110 valence electrons. The zero-order valence-electron chi connectivity index (χ0n) is 12.3. The number of nitrogens with zero attached hydrogens (tertiary/aromatic N) is 2. The second-order valence-electron chi connectivity index (χ2n) is 6.37. The van der Waals surface area contributed by atoms with Gasteiger partial charge in [0.05, 0.1) is 0 Å². The molecule has 5 nitrogen and oxygen atoms in total. The number of hydrogen-bond acceptors (Lipinski definition) is 3. The highest BCUT2D eigenvalue weighted by atomic mass is 16.2. The highest BCUT2D eigenvalue weighted by Gasteiger charge is 2.42. The summed E-state index contributed by atoms with van der Waals surface area (Å²) in [6.45, 7) is 7.76. The van der Waals surface area contributed by atoms with Crippen LogP contribution in [-0.4, -0.2) is 54.0 Å². The van der Waals surface area contributed by atoms with Crippen LogP contribution in [0.15, 0.2) is 11.6 Å². The second kappa shape index (κ2) is 5.20. The molecule has 0 aromatic rings. The molecular weight excluding hydrogens is 254 g/mol. The Morgan fingerprint density at radius 1 is 1.35 bits per heavy atom. The monoisotopic (exact) mass is 277 g/mol. The van der Waals surface area contributed by atoms with E-state index >= 15 is 0 Å². The molecule has 5 heteroatoms. The Hall–Kier alpha value is -1.36. The van der Waals surface area contributed by atoms with Crippen LogP contribution >= 0.6 is 0 Å². The third-order valence-electron chi connectivity index (χ3n) is 5.07. The number of amides is 3. The maximum atomic E-state index is 11.8. The fraction of sp³-hybridized carbons (Fsp3) is 0.733. The van der Waals surface area contributed by atoms with Crippen molar-refractivity contribution in [2.45, 2.75) is 32.7 Å². The van der Waals surface area contributed by atoms with E-state index in [1.54, 1.807) is 4.90 Å². The molecule has 2 aliphatic heterocycles. The summed E-state index contributed by atoms with van der Waals surface area (Å²) in [6.07, 6.45) is 4.80. The van der Waals surface area contributed by atoms with E-state index in [2.05, 4.69) is 30.1 Å². The van der Waals surface area contributed by atoms with Crippen LogP contribution in [0.3, 0.4) is 0 Å². The number of fused-ring (bicyclic) bond motifs is 1. The van der Waals surface area contributed by atoms with Crippen molar-refractivity contribution >= 4 is 11.9 Å². The number of hydrogen-bond donors (Lipinski definition) is 1. The fourth-order valence-electron chi connectivity index (χ4n) is 3.71. The minimum Gasteiger partial charge on any atom is -0.310 e. The molecule has 3 rings (SSSR count). The molecule has 0 radical (unpaired) electrons. The molecule has 20 heavy (non-hydrogen) atoms. The summed E-state index contributed by atoms with van der Waals surface area (Å²) in [5, 5.41) is 2.41. The average molecular weight is 277 g/mol. The molecular formula is C15H23N3O2. The van der Waals surface area contributed by atoms with Crippen molar-refractivity contribution in [1.29, 1.82) is 0 Å². The Morgan fingerprint density at radius 2 is 2.15 bits per heavy atom. The van der Waals surface area contributed by atoms with Gasteiger partial charge in [-0.15, -0.1) is 0 Å². The smallest absolute Gasteiger partial charge is 0.310 e. The summed E-state index contributed by atoms with van der Waals surface area (Å²) >= 11 is 0. The first-order valence-corrected chi connectivity index (χ1v) is 7.56. The molecule has 0 unspecified atom stereocenters. The topological polar surface area (TPSA) is 52.6 Å². The summed E-state index contributed by atoms with van der Waals surface area (Å²) in [7, 11) is 0. The first-order valence-electron chi connectivity index (χ1n) is 7.56. The van der Waals surface area contributed by atoms with Gasteiger partial charge in [-0.25, -0.2) is 4.79 Å². The molecule has 2 fully saturated rings. The summed E-state index contributed by atoms with van der Waals surface area (Å²) in [4.78, 5) is 27.4. The van der Waals surface area contributed by atoms with Gasteiger partial charge >= 0.3 is 6.03 Å². The van der Waals surface area contributed by atoms with Crippen LogP contribution in [0.4, 0.5) is 4.79 Å². The van der Waals surface area contributed by atoms with Crippen molar-refractivity contribution in [2.75, 3.05) is 26.2 Å². The fourth-order valence-corrected chi connectivity index (χ4v) is 3.71. The van der Waals surface area contributed by atoms with Crippen LogP contribution in [-0.2, 0) is 4.79 Å². The Bertz CT molecular complexity index is 460. The minimum absolute atomic E-state index is 0.136. The maximum absolute atomic E-state index is 11.8. The number of imide groups is 1. The van der Waals surface area contributed by atoms with Gasteiger partial charge in [-0.3, -0.25) is 15.0 Å². The normalized spacial score (nSPS) is 34.8. The lowest BCUT2D eigenvalue weighted by Crippen LogP contribution is -2.54. The largest absolute Gasteiger partial charge is 0.324 e. The predicted octanol–water partition coefficient (Wildman–Crippen LogP) is 1.21. The van der Waals surface area contributed by atoms with E-state index < -0.39 is 0 Å². The van der Waals surface area contributed by atoms with Gasteiger partial charge in [0.1, 0.15) is 6.04 Å². The lowest BCUT2D eigenvalue weighted by molar-refractivity contribution is -0.122. The van der Waals surface area contributed by atoms with Crippen LogP contribution in [0, 0.1) is 11.8 Å². The highest BCUT2D eigenvalue weighted by Crippen LogP contribution is 2.31. The number of carbonyl (C=O) groups is 2. The molecule has 3 aliphatic rings. The minimum atomic E-state index is -0.278. The summed E-state index contributed by atoms with van der Waals surface area (Å²) in [6, 6.07) is -0.499. The molecule has 2 saturated heterocycles. The van der Waals surface area contributed by atoms with Gasteiger partial charge in [0.15, 0.2) is 0 Å². The second-order valence-corrected chi connectivity index (χ2v) is 6.37. The van der Waals surface area contributed by atoms with Crippen LogP contribution in [0.25, 0.3) is 0 Å². The Labute approximate surface area is 120 Å². The first kappa shape index (κ1) is 13.6. The van der Waals surface area contributed by atoms with Crippen molar-refractivity contribution in [2.24, 2.45) is 11.8 Å². The Morgan fingerprint density at radius 3 is 2.90 bits per heavy atom. The third kappa shape index (κ3) is 2.35. The number of rotatable bonds is 2. The average Bonchev–Trinajstić information content (AvgIpc) is 2.69. The maximum Gasteiger partial charge on any atom is 0.324 e. The molecule has 0 bridgehead atoms. The quantitative estimate of drug-likeness (QED) is 0.610. The highest BCUT2D eigenvalue weighted by molar-refractivity contribution is 6.04. The van der Waals surface area contributed by atoms with E-state index in [9.17, 15) is 9.59 Å². The summed E-state index contributed by atoms with van der Waals surface area (Å²) in [5.74, 6) is 1.16. The standard InChI is InChI=1S/C15H23N3O2/c1-10-4-3-5-11(2)12(10)8-17-6-7-18-13(9-17)14(19)16-15(18)20/h4,11-13H,3,5-9H2,1-2H3,(H,16,19,20)/t11-,12+,13+/m0/s1. The van der Waals surface area contributed by atoms with Crippen molar-refractivity contribution in [3.05, 3.63) is 11.6 Å². The van der Waals surface area contributed by atoms with E-state index in [1.807, 2.05) is 0 Å². The van der Waals surface area contributed by atoms with E-state index in [0.29, 0.717) is 24.9 Å².